The molecule has 0 heterocycles. The summed E-state index contributed by atoms with van der Waals surface area (Å²) >= 11 is 10.9. The maximum Gasteiger partial charge on any atom is 0.191 e. The van der Waals surface area contributed by atoms with E-state index in [1.807, 2.05) is 98.9 Å². The van der Waals surface area contributed by atoms with Gasteiger partial charge in [-0.05, 0) is 42.0 Å². The minimum Gasteiger partial charge on any atom is -0.331 e. The fourth-order valence-electron chi connectivity index (χ4n) is 3.38. The summed E-state index contributed by atoms with van der Waals surface area (Å²) in [6, 6.07) is 36.4. The van der Waals surface area contributed by atoms with Crippen LogP contribution in [0.5, 0.6) is 0 Å². The molecule has 0 aliphatic carbocycles. The van der Waals surface area contributed by atoms with Crippen molar-refractivity contribution < 1.29 is 0 Å². The maximum absolute atomic E-state index is 5.54. The van der Waals surface area contributed by atoms with Crippen LogP contribution < -0.4 is 10.7 Å². The Bertz CT molecular complexity index is 1300. The van der Waals surface area contributed by atoms with Crippen LogP contribution in [0.2, 0.25) is 0 Å². The van der Waals surface area contributed by atoms with Crippen molar-refractivity contribution in [2.75, 3.05) is 11.9 Å². The SMILES string of the molecule is CC.S=C(CN=Cc1ccccc1SSc1ccccc1/C=N/NC(=S)Nc1ccccc1)Cc1ccccc1. The lowest BCUT2D eigenvalue weighted by molar-refractivity contribution is 1.05. The van der Waals surface area contributed by atoms with Gasteiger partial charge in [-0.1, -0.05) is 133 Å². The number of benzene rings is 4. The van der Waals surface area contributed by atoms with Crippen molar-refractivity contribution in [3.63, 3.8) is 0 Å². The Hall–Kier alpha value is -3.30. The molecule has 8 heteroatoms. The molecule has 0 aliphatic heterocycles. The van der Waals surface area contributed by atoms with Gasteiger partial charge in [0.25, 0.3) is 0 Å². The van der Waals surface area contributed by atoms with E-state index in [-0.39, 0.29) is 0 Å². The van der Waals surface area contributed by atoms with E-state index in [0.29, 0.717) is 11.7 Å². The van der Waals surface area contributed by atoms with Crippen LogP contribution in [0.25, 0.3) is 0 Å². The second-order valence-electron chi connectivity index (χ2n) is 8.10. The molecule has 0 fully saturated rings. The molecule has 4 rings (SSSR count). The summed E-state index contributed by atoms with van der Waals surface area (Å²) in [6.45, 7) is 4.53. The van der Waals surface area contributed by atoms with E-state index in [2.05, 4.69) is 51.2 Å². The second kappa shape index (κ2) is 18.1. The van der Waals surface area contributed by atoms with Crippen LogP contribution in [-0.2, 0) is 6.42 Å². The highest BCUT2D eigenvalue weighted by Gasteiger charge is 2.06. The first-order valence-corrected chi connectivity index (χ1v) is 15.9. The molecule has 0 saturated carbocycles. The first kappa shape index (κ1) is 31.2. The predicted octanol–water partition coefficient (Wildman–Crippen LogP) is 8.86. The van der Waals surface area contributed by atoms with E-state index < -0.39 is 0 Å². The quantitative estimate of drug-likeness (QED) is 0.0776. The molecule has 0 amide bonds. The number of hydrazone groups is 1. The van der Waals surface area contributed by atoms with E-state index in [0.717, 1.165) is 37.9 Å². The average Bonchev–Trinajstić information content (AvgIpc) is 2.99. The summed E-state index contributed by atoms with van der Waals surface area (Å²) in [5.41, 5.74) is 7.07. The van der Waals surface area contributed by atoms with Crippen molar-refractivity contribution in [2.24, 2.45) is 10.1 Å². The Kier molecular flexibility index (Phi) is 14.2. The minimum absolute atomic E-state index is 0.434. The van der Waals surface area contributed by atoms with E-state index in [4.69, 9.17) is 24.4 Å². The standard InChI is InChI=1S/C30H26N4S4.C2H6/c35-27(19-23-11-3-1-4-12-23)22-31-20-24-13-7-9-17-28(24)37-38-29-18-10-8-14-25(29)21-32-34-30(36)33-26-15-5-2-6-16-26;1-2/h1-18,20-21H,19,22H2,(H2,33,34,36);1-2H3/b31-20?,32-21+;. The summed E-state index contributed by atoms with van der Waals surface area (Å²) in [6.07, 6.45) is 4.46. The van der Waals surface area contributed by atoms with Crippen molar-refractivity contribution in [3.05, 3.63) is 126 Å². The van der Waals surface area contributed by atoms with Gasteiger partial charge in [-0.2, -0.15) is 5.10 Å². The number of hydrogen-bond donors (Lipinski definition) is 2. The smallest absolute Gasteiger partial charge is 0.191 e. The van der Waals surface area contributed by atoms with Crippen LogP contribution in [0.3, 0.4) is 0 Å². The molecular weight excluding hydrogens is 569 g/mol. The van der Waals surface area contributed by atoms with Gasteiger partial charge in [0.15, 0.2) is 5.11 Å². The molecule has 0 atom stereocenters. The molecule has 4 nitrogen and oxygen atoms in total. The number of anilines is 1. The lowest BCUT2D eigenvalue weighted by atomic mass is 10.1. The Labute approximate surface area is 256 Å². The number of nitrogens with one attached hydrogen (secondary N) is 2. The Morgan fingerprint density at radius 1 is 0.700 bits per heavy atom. The fraction of sp³-hybridized carbons (Fsp3) is 0.125. The lowest BCUT2D eigenvalue weighted by Crippen LogP contribution is -2.23. The molecule has 0 aromatic heterocycles. The summed E-state index contributed by atoms with van der Waals surface area (Å²) < 4.78 is 0. The van der Waals surface area contributed by atoms with E-state index in [9.17, 15) is 0 Å². The third-order valence-electron chi connectivity index (χ3n) is 5.20. The number of nitrogens with zero attached hydrogens (tertiary/aromatic N) is 2. The molecule has 40 heavy (non-hydrogen) atoms. The molecule has 4 aromatic rings. The normalized spacial score (nSPS) is 10.7. The van der Waals surface area contributed by atoms with Gasteiger partial charge in [0, 0.05) is 44.1 Å². The van der Waals surface area contributed by atoms with Crippen molar-refractivity contribution in [1.29, 1.82) is 0 Å². The van der Waals surface area contributed by atoms with Gasteiger partial charge in [-0.25, -0.2) is 0 Å². The molecule has 0 aliphatic rings. The Morgan fingerprint density at radius 2 is 1.23 bits per heavy atom. The van der Waals surface area contributed by atoms with Crippen LogP contribution in [-0.4, -0.2) is 29.0 Å². The van der Waals surface area contributed by atoms with Crippen LogP contribution in [0, 0.1) is 0 Å². The third kappa shape index (κ3) is 11.1. The lowest BCUT2D eigenvalue weighted by Gasteiger charge is -2.08. The molecule has 0 spiro atoms. The number of rotatable bonds is 11. The summed E-state index contributed by atoms with van der Waals surface area (Å²) in [4.78, 5) is 7.78. The van der Waals surface area contributed by atoms with Crippen molar-refractivity contribution in [3.8, 4) is 0 Å². The van der Waals surface area contributed by atoms with Crippen molar-refractivity contribution in [2.45, 2.75) is 30.1 Å². The van der Waals surface area contributed by atoms with Crippen LogP contribution >= 0.6 is 46.0 Å². The van der Waals surface area contributed by atoms with Crippen LogP contribution in [0.15, 0.2) is 129 Å². The van der Waals surface area contributed by atoms with Gasteiger partial charge in [0.05, 0.1) is 12.8 Å². The average molecular weight is 601 g/mol. The van der Waals surface area contributed by atoms with E-state index in [1.54, 1.807) is 27.8 Å². The number of hydrogen-bond acceptors (Lipinski definition) is 6. The van der Waals surface area contributed by atoms with Crippen molar-refractivity contribution in [1.82, 2.24) is 5.43 Å². The molecule has 4 aromatic carbocycles. The largest absolute Gasteiger partial charge is 0.331 e. The number of aliphatic imine (C=N–C) groups is 1. The van der Waals surface area contributed by atoms with Gasteiger partial charge in [0.1, 0.15) is 0 Å². The topological polar surface area (TPSA) is 48.8 Å². The second-order valence-corrected chi connectivity index (χ2v) is 11.3. The highest BCUT2D eigenvalue weighted by molar-refractivity contribution is 8.76. The van der Waals surface area contributed by atoms with Gasteiger partial charge in [0.2, 0.25) is 0 Å². The molecule has 0 radical (unpaired) electrons. The zero-order valence-corrected chi connectivity index (χ0v) is 25.8. The monoisotopic (exact) mass is 600 g/mol. The molecule has 0 saturated heterocycles. The third-order valence-corrected chi connectivity index (χ3v) is 8.18. The minimum atomic E-state index is 0.434. The van der Waals surface area contributed by atoms with Crippen LogP contribution in [0.1, 0.15) is 30.5 Å². The maximum atomic E-state index is 5.54. The van der Waals surface area contributed by atoms with Gasteiger partial charge in [-0.15, -0.1) is 0 Å². The van der Waals surface area contributed by atoms with Crippen molar-refractivity contribution >= 4 is 74.1 Å². The molecule has 0 unspecified atom stereocenters. The predicted molar refractivity (Wildman–Crippen MR) is 185 cm³/mol. The molecule has 204 valence electrons. The first-order valence-electron chi connectivity index (χ1n) is 12.9. The Morgan fingerprint density at radius 3 is 1.85 bits per heavy atom. The van der Waals surface area contributed by atoms with Gasteiger partial charge >= 0.3 is 0 Å². The first-order chi connectivity index (χ1) is 19.7. The number of para-hydroxylation sites is 1. The van der Waals surface area contributed by atoms with E-state index >= 15 is 0 Å². The molecule has 2 N–H and O–H groups in total. The number of thiocarbonyl (C=S) groups is 2. The van der Waals surface area contributed by atoms with Crippen LogP contribution in [0.4, 0.5) is 5.69 Å². The highest BCUT2D eigenvalue weighted by Crippen LogP contribution is 2.39. The zero-order chi connectivity index (χ0) is 28.4. The highest BCUT2D eigenvalue weighted by atomic mass is 33.1. The van der Waals surface area contributed by atoms with Gasteiger partial charge in [-0.3, -0.25) is 10.4 Å². The van der Waals surface area contributed by atoms with Gasteiger partial charge < -0.3 is 5.32 Å². The summed E-state index contributed by atoms with van der Waals surface area (Å²) in [5.74, 6) is 0. The Balaban J connectivity index is 0.00000216. The summed E-state index contributed by atoms with van der Waals surface area (Å²) in [5, 5.41) is 7.86. The summed E-state index contributed by atoms with van der Waals surface area (Å²) in [7, 11) is 3.37. The van der Waals surface area contributed by atoms with E-state index in [1.165, 1.54) is 5.56 Å². The zero-order valence-electron chi connectivity index (χ0n) is 22.5. The molecule has 0 bridgehead atoms. The molecular formula is C32H32N4S4. The fourth-order valence-corrected chi connectivity index (χ4v) is 6.13.